The Morgan fingerprint density at radius 1 is 1.14 bits per heavy atom. The van der Waals surface area contributed by atoms with E-state index in [1.165, 1.54) is 6.92 Å². The highest BCUT2D eigenvalue weighted by Gasteiger charge is 2.39. The Morgan fingerprint density at radius 2 is 1.57 bits per heavy atom. The van der Waals surface area contributed by atoms with Gasteiger partial charge in [0.25, 0.3) is 0 Å². The van der Waals surface area contributed by atoms with Gasteiger partial charge >= 0.3 is 5.97 Å². The molecule has 0 aliphatic heterocycles. The summed E-state index contributed by atoms with van der Waals surface area (Å²) in [6.07, 6.45) is 0.930. The molecule has 82 valence electrons. The van der Waals surface area contributed by atoms with Crippen LogP contribution >= 0.6 is 0 Å². The maximum absolute atomic E-state index is 11.0. The van der Waals surface area contributed by atoms with Crippen molar-refractivity contribution in [2.75, 3.05) is 0 Å². The van der Waals surface area contributed by atoms with Gasteiger partial charge in [-0.3, -0.25) is 9.59 Å². The van der Waals surface area contributed by atoms with E-state index in [2.05, 4.69) is 0 Å². The number of hydrogen-bond donors (Lipinski definition) is 2. The lowest BCUT2D eigenvalue weighted by molar-refractivity contribution is -0.154. The number of rotatable bonds is 4. The van der Waals surface area contributed by atoms with Gasteiger partial charge in [-0.15, -0.1) is 0 Å². The summed E-state index contributed by atoms with van der Waals surface area (Å²) < 4.78 is 0. The van der Waals surface area contributed by atoms with Crippen LogP contribution in [0, 0.1) is 10.8 Å². The fourth-order valence-electron chi connectivity index (χ4n) is 0.961. The van der Waals surface area contributed by atoms with Crippen molar-refractivity contribution in [2.24, 2.45) is 16.6 Å². The first-order valence-corrected chi connectivity index (χ1v) is 4.63. The van der Waals surface area contributed by atoms with Crippen LogP contribution in [-0.4, -0.2) is 17.0 Å². The first kappa shape index (κ1) is 12.9. The van der Waals surface area contributed by atoms with Gasteiger partial charge in [0.15, 0.2) is 0 Å². The van der Waals surface area contributed by atoms with Gasteiger partial charge in [-0.2, -0.15) is 0 Å². The summed E-state index contributed by atoms with van der Waals surface area (Å²) in [7, 11) is 0. The van der Waals surface area contributed by atoms with E-state index in [1.54, 1.807) is 0 Å². The topological polar surface area (TPSA) is 80.4 Å². The number of aliphatic carboxylic acids is 1. The van der Waals surface area contributed by atoms with Gasteiger partial charge in [0.1, 0.15) is 5.41 Å². The van der Waals surface area contributed by atoms with Crippen LogP contribution in [0.3, 0.4) is 0 Å². The number of nitrogens with two attached hydrogens (primary N) is 1. The van der Waals surface area contributed by atoms with Crippen molar-refractivity contribution in [2.45, 2.75) is 40.5 Å². The largest absolute Gasteiger partial charge is 0.480 e. The van der Waals surface area contributed by atoms with Crippen LogP contribution < -0.4 is 5.73 Å². The quantitative estimate of drug-likeness (QED) is 0.674. The van der Waals surface area contributed by atoms with E-state index in [9.17, 15) is 9.59 Å². The normalized spacial score (nSPS) is 16.0. The molecule has 0 aromatic heterocycles. The highest BCUT2D eigenvalue weighted by molar-refractivity contribution is 6.00. The van der Waals surface area contributed by atoms with Gasteiger partial charge in [-0.1, -0.05) is 20.8 Å². The molecule has 0 rings (SSSR count). The molecule has 1 amide bonds. The molecule has 0 radical (unpaired) electrons. The Morgan fingerprint density at radius 3 is 1.79 bits per heavy atom. The SMILES string of the molecule is CC(C)(C)CCC(C)(C(N)=O)C(=O)O. The maximum atomic E-state index is 11.0. The lowest BCUT2D eigenvalue weighted by Crippen LogP contribution is -2.41. The van der Waals surface area contributed by atoms with Crippen LogP contribution in [0.15, 0.2) is 0 Å². The van der Waals surface area contributed by atoms with Crippen molar-refractivity contribution in [3.63, 3.8) is 0 Å². The first-order chi connectivity index (χ1) is 6.09. The van der Waals surface area contributed by atoms with Crippen LogP contribution in [0.25, 0.3) is 0 Å². The van der Waals surface area contributed by atoms with E-state index >= 15 is 0 Å². The molecule has 1 atom stereocenters. The summed E-state index contributed by atoms with van der Waals surface area (Å²) in [5, 5.41) is 8.90. The second-order valence-electron chi connectivity index (χ2n) is 5.06. The van der Waals surface area contributed by atoms with Gasteiger partial charge in [0, 0.05) is 0 Å². The zero-order valence-electron chi connectivity index (χ0n) is 9.26. The minimum absolute atomic E-state index is 0.00611. The zero-order valence-corrected chi connectivity index (χ0v) is 9.26. The number of carbonyl (C=O) groups excluding carboxylic acids is 1. The monoisotopic (exact) mass is 201 g/mol. The molecule has 0 fully saturated rings. The lowest BCUT2D eigenvalue weighted by atomic mass is 9.78. The maximum Gasteiger partial charge on any atom is 0.318 e. The summed E-state index contributed by atoms with van der Waals surface area (Å²) in [5.74, 6) is -1.91. The van der Waals surface area contributed by atoms with Gasteiger partial charge in [0.05, 0.1) is 0 Å². The van der Waals surface area contributed by atoms with E-state index in [-0.39, 0.29) is 11.8 Å². The molecule has 0 aromatic rings. The molecule has 0 heterocycles. The Bertz CT molecular complexity index is 226. The lowest BCUT2D eigenvalue weighted by Gasteiger charge is -2.25. The van der Waals surface area contributed by atoms with Crippen LogP contribution in [0.2, 0.25) is 0 Å². The molecule has 14 heavy (non-hydrogen) atoms. The third-order valence-corrected chi connectivity index (χ3v) is 2.39. The average Bonchev–Trinajstić information content (AvgIpc) is 1.97. The van der Waals surface area contributed by atoms with Crippen molar-refractivity contribution in [3.8, 4) is 0 Å². The molecular weight excluding hydrogens is 182 g/mol. The first-order valence-electron chi connectivity index (χ1n) is 4.63. The molecule has 4 nitrogen and oxygen atoms in total. The van der Waals surface area contributed by atoms with Crippen molar-refractivity contribution in [3.05, 3.63) is 0 Å². The van der Waals surface area contributed by atoms with Crippen LogP contribution in [0.5, 0.6) is 0 Å². The van der Waals surface area contributed by atoms with Crippen LogP contribution in [0.1, 0.15) is 40.5 Å². The Balaban J connectivity index is 4.56. The fraction of sp³-hybridized carbons (Fsp3) is 0.800. The Kier molecular flexibility index (Phi) is 3.68. The molecule has 4 heteroatoms. The van der Waals surface area contributed by atoms with Gasteiger partial charge in [-0.05, 0) is 25.2 Å². The molecule has 0 bridgehead atoms. The minimum atomic E-state index is -1.44. The van der Waals surface area contributed by atoms with E-state index in [0.29, 0.717) is 6.42 Å². The van der Waals surface area contributed by atoms with Crippen LogP contribution in [-0.2, 0) is 9.59 Å². The standard InChI is InChI=1S/C10H19NO3/c1-9(2,3)5-6-10(4,7(11)12)8(13)14/h5-6H2,1-4H3,(H2,11,12)(H,13,14). The number of hydrogen-bond acceptors (Lipinski definition) is 2. The molecule has 0 aromatic carbocycles. The summed E-state index contributed by atoms with van der Waals surface area (Å²) in [6.45, 7) is 7.37. The van der Waals surface area contributed by atoms with E-state index in [1.807, 2.05) is 20.8 Å². The van der Waals surface area contributed by atoms with Gasteiger partial charge < -0.3 is 10.8 Å². The summed E-state index contributed by atoms with van der Waals surface area (Å²) in [6, 6.07) is 0. The van der Waals surface area contributed by atoms with E-state index in [4.69, 9.17) is 10.8 Å². The van der Waals surface area contributed by atoms with Crippen molar-refractivity contribution in [1.82, 2.24) is 0 Å². The summed E-state index contributed by atoms with van der Waals surface area (Å²) in [4.78, 5) is 21.9. The third-order valence-electron chi connectivity index (χ3n) is 2.39. The number of amides is 1. The molecule has 0 saturated carbocycles. The highest BCUT2D eigenvalue weighted by atomic mass is 16.4. The molecule has 0 spiro atoms. The van der Waals surface area contributed by atoms with E-state index in [0.717, 1.165) is 0 Å². The van der Waals surface area contributed by atoms with Crippen molar-refractivity contribution >= 4 is 11.9 Å². The van der Waals surface area contributed by atoms with Gasteiger partial charge in [-0.25, -0.2) is 0 Å². The average molecular weight is 201 g/mol. The molecule has 0 saturated heterocycles. The van der Waals surface area contributed by atoms with Crippen LogP contribution in [0.4, 0.5) is 0 Å². The molecule has 1 unspecified atom stereocenters. The number of primary amides is 1. The third kappa shape index (κ3) is 3.36. The van der Waals surface area contributed by atoms with Crippen molar-refractivity contribution in [1.29, 1.82) is 0 Å². The number of carboxylic acid groups (broad SMARTS) is 1. The predicted octanol–water partition coefficient (Wildman–Crippen LogP) is 1.39. The Hall–Kier alpha value is -1.06. The van der Waals surface area contributed by atoms with Gasteiger partial charge in [0.2, 0.25) is 5.91 Å². The zero-order chi connectivity index (χ0) is 11.6. The predicted molar refractivity (Wildman–Crippen MR) is 53.6 cm³/mol. The molecule has 0 aliphatic carbocycles. The summed E-state index contributed by atoms with van der Waals surface area (Å²) in [5.41, 5.74) is 3.65. The smallest absolute Gasteiger partial charge is 0.318 e. The molecular formula is C10H19NO3. The summed E-state index contributed by atoms with van der Waals surface area (Å²) >= 11 is 0. The second kappa shape index (κ2) is 3.98. The number of carbonyl (C=O) groups is 2. The highest BCUT2D eigenvalue weighted by Crippen LogP contribution is 2.30. The Labute approximate surface area is 84.5 Å². The van der Waals surface area contributed by atoms with Crippen molar-refractivity contribution < 1.29 is 14.7 Å². The fourth-order valence-corrected chi connectivity index (χ4v) is 0.961. The number of carboxylic acids is 1. The minimum Gasteiger partial charge on any atom is -0.480 e. The molecule has 3 N–H and O–H groups in total. The van der Waals surface area contributed by atoms with E-state index < -0.39 is 17.3 Å². The second-order valence-corrected chi connectivity index (χ2v) is 5.06. The molecule has 0 aliphatic rings.